The Balaban J connectivity index is 1.85. The summed E-state index contributed by atoms with van der Waals surface area (Å²) in [6.07, 6.45) is 1.42. The van der Waals surface area contributed by atoms with Crippen LogP contribution in [0.15, 0.2) is 18.2 Å². The Labute approximate surface area is 144 Å². The minimum absolute atomic E-state index is 0.0782. The topological polar surface area (TPSA) is 41.6 Å². The van der Waals surface area contributed by atoms with E-state index in [0.717, 1.165) is 31.5 Å². The average Bonchev–Trinajstić information content (AvgIpc) is 2.51. The first-order valence-corrected chi connectivity index (χ1v) is 8.72. The highest BCUT2D eigenvalue weighted by molar-refractivity contribution is 6.32. The van der Waals surface area contributed by atoms with Crippen LogP contribution in [0.25, 0.3) is 0 Å². The van der Waals surface area contributed by atoms with Gasteiger partial charge in [0.25, 0.3) is 5.91 Å². The third-order valence-electron chi connectivity index (χ3n) is 4.37. The summed E-state index contributed by atoms with van der Waals surface area (Å²) >= 11 is 6.12. The lowest BCUT2D eigenvalue weighted by atomic mass is 10.0. The molecule has 1 N–H and O–H groups in total. The van der Waals surface area contributed by atoms with E-state index in [0.29, 0.717) is 16.8 Å². The van der Waals surface area contributed by atoms with E-state index in [1.54, 1.807) is 13.0 Å². The lowest BCUT2D eigenvalue weighted by Gasteiger charge is -2.35. The van der Waals surface area contributed by atoms with Crippen LogP contribution in [0.1, 0.15) is 39.2 Å². The third-order valence-corrected chi connectivity index (χ3v) is 4.68. The number of likely N-dealkylation sites (tertiary alicyclic amines) is 1. The Morgan fingerprint density at radius 2 is 1.96 bits per heavy atom. The van der Waals surface area contributed by atoms with E-state index >= 15 is 0 Å². The molecule has 0 aliphatic carbocycles. The molecule has 128 valence electrons. The molecule has 0 saturated carbocycles. The smallest absolute Gasteiger partial charge is 0.260 e. The van der Waals surface area contributed by atoms with Gasteiger partial charge < -0.3 is 15.0 Å². The zero-order valence-electron chi connectivity index (χ0n) is 14.4. The molecular weight excluding hydrogens is 312 g/mol. The maximum Gasteiger partial charge on any atom is 0.260 e. The molecule has 0 bridgehead atoms. The van der Waals surface area contributed by atoms with Gasteiger partial charge in [0.15, 0.2) is 6.10 Å². The second-order valence-corrected chi connectivity index (χ2v) is 7.01. The summed E-state index contributed by atoms with van der Waals surface area (Å²) in [5, 5.41) is 3.63. The number of hydrogen-bond acceptors (Lipinski definition) is 3. The molecule has 0 spiro atoms. The average molecular weight is 339 g/mol. The van der Waals surface area contributed by atoms with E-state index in [-0.39, 0.29) is 11.9 Å². The van der Waals surface area contributed by atoms with Crippen LogP contribution in [-0.2, 0) is 4.79 Å². The van der Waals surface area contributed by atoms with Crippen molar-refractivity contribution in [2.45, 2.75) is 58.7 Å². The molecule has 1 aromatic rings. The van der Waals surface area contributed by atoms with Crippen molar-refractivity contribution >= 4 is 17.5 Å². The number of hydrogen-bond donors (Lipinski definition) is 1. The van der Waals surface area contributed by atoms with Crippen molar-refractivity contribution in [2.75, 3.05) is 13.1 Å². The minimum Gasteiger partial charge on any atom is -0.479 e. The van der Waals surface area contributed by atoms with Crippen molar-refractivity contribution in [1.82, 2.24) is 10.2 Å². The number of nitrogens with one attached hydrogen (secondary N) is 1. The van der Waals surface area contributed by atoms with E-state index in [1.165, 1.54) is 0 Å². The van der Waals surface area contributed by atoms with Crippen LogP contribution in [0.4, 0.5) is 0 Å². The Bertz CT molecular complexity index is 540. The lowest BCUT2D eigenvalue weighted by Crippen LogP contribution is -2.49. The van der Waals surface area contributed by atoms with Gasteiger partial charge in [0, 0.05) is 25.2 Å². The normalized spacial score (nSPS) is 18.0. The van der Waals surface area contributed by atoms with Gasteiger partial charge in [-0.05, 0) is 58.2 Å². The van der Waals surface area contributed by atoms with Crippen LogP contribution in [0.2, 0.25) is 5.02 Å². The Morgan fingerprint density at radius 3 is 2.57 bits per heavy atom. The van der Waals surface area contributed by atoms with Crippen LogP contribution in [0.5, 0.6) is 5.75 Å². The molecule has 1 saturated heterocycles. The van der Waals surface area contributed by atoms with Gasteiger partial charge in [0.05, 0.1) is 5.02 Å². The van der Waals surface area contributed by atoms with Gasteiger partial charge in [0.2, 0.25) is 0 Å². The van der Waals surface area contributed by atoms with Crippen molar-refractivity contribution in [3.63, 3.8) is 0 Å². The molecule has 1 amide bonds. The monoisotopic (exact) mass is 338 g/mol. The fourth-order valence-electron chi connectivity index (χ4n) is 2.82. The van der Waals surface area contributed by atoms with E-state index in [2.05, 4.69) is 24.1 Å². The van der Waals surface area contributed by atoms with Gasteiger partial charge in [-0.3, -0.25) is 4.79 Å². The molecule has 1 aliphatic rings. The van der Waals surface area contributed by atoms with Crippen molar-refractivity contribution in [3.05, 3.63) is 28.8 Å². The quantitative estimate of drug-likeness (QED) is 0.894. The summed E-state index contributed by atoms with van der Waals surface area (Å²) in [5.74, 6) is 0.481. The summed E-state index contributed by atoms with van der Waals surface area (Å²) < 4.78 is 5.73. The fraction of sp³-hybridized carbons (Fsp3) is 0.611. The fourth-order valence-corrected chi connectivity index (χ4v) is 2.99. The molecule has 1 atom stereocenters. The Hall–Kier alpha value is -1.26. The van der Waals surface area contributed by atoms with Crippen LogP contribution in [0, 0.1) is 6.92 Å². The minimum atomic E-state index is -0.558. The first-order valence-electron chi connectivity index (χ1n) is 8.34. The number of ether oxygens (including phenoxy) is 1. The summed E-state index contributed by atoms with van der Waals surface area (Å²) in [7, 11) is 0. The maximum absolute atomic E-state index is 12.3. The van der Waals surface area contributed by atoms with Crippen molar-refractivity contribution in [3.8, 4) is 5.75 Å². The highest BCUT2D eigenvalue weighted by atomic mass is 35.5. The number of benzene rings is 1. The number of halogens is 1. The summed E-state index contributed by atoms with van der Waals surface area (Å²) in [6.45, 7) is 10.2. The van der Waals surface area contributed by atoms with Crippen LogP contribution < -0.4 is 10.1 Å². The van der Waals surface area contributed by atoms with Crippen LogP contribution in [-0.4, -0.2) is 42.1 Å². The van der Waals surface area contributed by atoms with Crippen molar-refractivity contribution in [2.24, 2.45) is 0 Å². The van der Waals surface area contributed by atoms with E-state index in [9.17, 15) is 4.79 Å². The van der Waals surface area contributed by atoms with Gasteiger partial charge >= 0.3 is 0 Å². The molecule has 1 heterocycles. The number of piperidine rings is 1. The molecule has 2 rings (SSSR count). The van der Waals surface area contributed by atoms with Crippen LogP contribution in [0.3, 0.4) is 0 Å². The zero-order valence-corrected chi connectivity index (χ0v) is 15.2. The van der Waals surface area contributed by atoms with Gasteiger partial charge in [-0.25, -0.2) is 0 Å². The largest absolute Gasteiger partial charge is 0.479 e. The SMILES string of the molecule is Cc1ccc(Cl)c(OC(C)C(=O)NC2CCN(C(C)C)CC2)c1. The molecular formula is C18H27ClN2O2. The summed E-state index contributed by atoms with van der Waals surface area (Å²) in [4.78, 5) is 14.8. The number of rotatable bonds is 5. The molecule has 1 unspecified atom stereocenters. The van der Waals surface area contributed by atoms with Gasteiger partial charge in [-0.1, -0.05) is 17.7 Å². The van der Waals surface area contributed by atoms with Crippen LogP contribution >= 0.6 is 11.6 Å². The highest BCUT2D eigenvalue weighted by Crippen LogP contribution is 2.26. The number of nitrogens with zero attached hydrogens (tertiary/aromatic N) is 1. The van der Waals surface area contributed by atoms with E-state index < -0.39 is 6.10 Å². The third kappa shape index (κ3) is 5.11. The molecule has 1 aromatic carbocycles. The summed E-state index contributed by atoms with van der Waals surface area (Å²) in [6, 6.07) is 6.36. The molecule has 0 radical (unpaired) electrons. The highest BCUT2D eigenvalue weighted by Gasteiger charge is 2.24. The second-order valence-electron chi connectivity index (χ2n) is 6.61. The number of amides is 1. The number of carbonyl (C=O) groups is 1. The lowest BCUT2D eigenvalue weighted by molar-refractivity contribution is -0.128. The molecule has 23 heavy (non-hydrogen) atoms. The predicted molar refractivity (Wildman–Crippen MR) is 94.2 cm³/mol. The predicted octanol–water partition coefficient (Wildman–Crippen LogP) is 3.40. The van der Waals surface area contributed by atoms with E-state index in [1.807, 2.05) is 19.1 Å². The van der Waals surface area contributed by atoms with Gasteiger partial charge in [-0.15, -0.1) is 0 Å². The Morgan fingerprint density at radius 1 is 1.30 bits per heavy atom. The number of carbonyl (C=O) groups excluding carboxylic acids is 1. The second kappa shape index (κ2) is 8.02. The van der Waals surface area contributed by atoms with E-state index in [4.69, 9.17) is 16.3 Å². The van der Waals surface area contributed by atoms with Crippen molar-refractivity contribution < 1.29 is 9.53 Å². The zero-order chi connectivity index (χ0) is 17.0. The van der Waals surface area contributed by atoms with Crippen molar-refractivity contribution in [1.29, 1.82) is 0 Å². The Kier molecular flexibility index (Phi) is 6.31. The first kappa shape index (κ1) is 18.1. The standard InChI is InChI=1S/C18H27ClN2O2/c1-12(2)21-9-7-15(8-10-21)20-18(22)14(4)23-17-11-13(3)5-6-16(17)19/h5-6,11-12,14-15H,7-10H2,1-4H3,(H,20,22). The van der Waals surface area contributed by atoms with Gasteiger partial charge in [-0.2, -0.15) is 0 Å². The summed E-state index contributed by atoms with van der Waals surface area (Å²) in [5.41, 5.74) is 1.05. The maximum atomic E-state index is 12.3. The first-order chi connectivity index (χ1) is 10.9. The molecule has 0 aromatic heterocycles. The molecule has 1 aliphatic heterocycles. The molecule has 1 fully saturated rings. The number of aryl methyl sites for hydroxylation is 1. The molecule has 4 nitrogen and oxygen atoms in total. The molecule has 5 heteroatoms. The van der Waals surface area contributed by atoms with Gasteiger partial charge in [0.1, 0.15) is 5.75 Å².